The largest absolute Gasteiger partial charge is 0.454 e. The summed E-state index contributed by atoms with van der Waals surface area (Å²) in [7, 11) is 0. The normalized spacial score (nSPS) is 13.9. The Morgan fingerprint density at radius 1 is 0.929 bits per heavy atom. The van der Waals surface area contributed by atoms with E-state index >= 15 is 0 Å². The van der Waals surface area contributed by atoms with Crippen molar-refractivity contribution in [2.75, 3.05) is 19.9 Å². The lowest BCUT2D eigenvalue weighted by Crippen LogP contribution is -2.23. The third-order valence-electron chi connectivity index (χ3n) is 5.11. The number of hydrogen-bond acceptors (Lipinski definition) is 3. The van der Waals surface area contributed by atoms with Crippen LogP contribution < -0.4 is 9.47 Å². The minimum Gasteiger partial charge on any atom is -0.454 e. The molecule has 3 nitrogen and oxygen atoms in total. The molecule has 0 spiro atoms. The smallest absolute Gasteiger partial charge is 0.231 e. The van der Waals surface area contributed by atoms with E-state index in [1.54, 1.807) is 0 Å². The molecular formula is C25H37NO2. The van der Waals surface area contributed by atoms with E-state index in [1.165, 1.54) is 28.7 Å². The molecule has 0 atom stereocenters. The van der Waals surface area contributed by atoms with Gasteiger partial charge in [0.05, 0.1) is 0 Å². The molecule has 154 valence electrons. The monoisotopic (exact) mass is 383 g/mol. The summed E-state index contributed by atoms with van der Waals surface area (Å²) >= 11 is 0. The van der Waals surface area contributed by atoms with Gasteiger partial charge in [-0.3, -0.25) is 4.90 Å². The summed E-state index contributed by atoms with van der Waals surface area (Å²) in [5.74, 6) is 1.72. The first-order valence-electron chi connectivity index (χ1n) is 10.5. The van der Waals surface area contributed by atoms with Crippen molar-refractivity contribution in [1.82, 2.24) is 4.90 Å². The van der Waals surface area contributed by atoms with Crippen LogP contribution in [0.2, 0.25) is 0 Å². The molecule has 1 aromatic rings. The molecule has 2 rings (SSSR count). The fourth-order valence-electron chi connectivity index (χ4n) is 3.23. The van der Waals surface area contributed by atoms with E-state index < -0.39 is 0 Å². The molecule has 0 N–H and O–H groups in total. The first kappa shape index (κ1) is 22.3. The summed E-state index contributed by atoms with van der Waals surface area (Å²) in [4.78, 5) is 2.45. The van der Waals surface area contributed by atoms with E-state index in [4.69, 9.17) is 9.47 Å². The second-order valence-electron chi connectivity index (χ2n) is 7.98. The first-order valence-corrected chi connectivity index (χ1v) is 10.5. The Morgan fingerprint density at radius 2 is 1.61 bits per heavy atom. The maximum absolute atomic E-state index is 5.49. The Bertz CT molecular complexity index is 711. The lowest BCUT2D eigenvalue weighted by atomic mass is 10.1. The molecule has 1 aromatic carbocycles. The summed E-state index contributed by atoms with van der Waals surface area (Å²) in [6.45, 7) is 14.3. The van der Waals surface area contributed by atoms with Gasteiger partial charge in [0.1, 0.15) is 0 Å². The van der Waals surface area contributed by atoms with Crippen LogP contribution in [-0.2, 0) is 6.54 Å². The van der Waals surface area contributed by atoms with E-state index in [0.717, 1.165) is 50.4 Å². The van der Waals surface area contributed by atoms with Crippen LogP contribution >= 0.6 is 0 Å². The standard InChI is InChI=1S/C25H37NO2/c1-6-26(18-23-13-14-24-25(17-23)28-19-27-24)16-15-22(5)12-8-11-21(4)10-7-9-20(2)3/h9,11,13-15,17H,6-8,10,12,16,18-19H2,1-5H3. The minimum absolute atomic E-state index is 0.334. The molecular weight excluding hydrogens is 346 g/mol. The molecule has 0 aromatic heterocycles. The number of allylic oxidation sites excluding steroid dienone is 5. The molecule has 0 saturated heterocycles. The van der Waals surface area contributed by atoms with Crippen molar-refractivity contribution in [2.45, 2.75) is 66.8 Å². The van der Waals surface area contributed by atoms with Crippen LogP contribution in [0.25, 0.3) is 0 Å². The van der Waals surface area contributed by atoms with Crippen molar-refractivity contribution in [3.05, 3.63) is 58.7 Å². The number of fused-ring (bicyclic) bond motifs is 1. The van der Waals surface area contributed by atoms with Gasteiger partial charge >= 0.3 is 0 Å². The van der Waals surface area contributed by atoms with E-state index in [0.29, 0.717) is 6.79 Å². The number of nitrogens with zero attached hydrogens (tertiary/aromatic N) is 1. The molecule has 1 heterocycles. The van der Waals surface area contributed by atoms with E-state index in [9.17, 15) is 0 Å². The van der Waals surface area contributed by atoms with Gasteiger partial charge in [-0.05, 0) is 77.6 Å². The predicted molar refractivity (Wildman–Crippen MR) is 119 cm³/mol. The Morgan fingerprint density at radius 3 is 2.32 bits per heavy atom. The van der Waals surface area contributed by atoms with Crippen LogP contribution in [0.1, 0.15) is 65.9 Å². The summed E-state index contributed by atoms with van der Waals surface area (Å²) < 4.78 is 10.9. The van der Waals surface area contributed by atoms with Crippen LogP contribution in [-0.4, -0.2) is 24.8 Å². The Labute approximate surface area is 171 Å². The first-order chi connectivity index (χ1) is 13.5. The number of ether oxygens (including phenoxy) is 2. The van der Waals surface area contributed by atoms with Crippen LogP contribution in [0.4, 0.5) is 0 Å². The zero-order valence-corrected chi connectivity index (χ0v) is 18.4. The molecule has 0 bridgehead atoms. The summed E-state index contributed by atoms with van der Waals surface area (Å²) in [5.41, 5.74) is 5.65. The number of benzene rings is 1. The van der Waals surface area contributed by atoms with Gasteiger partial charge in [-0.2, -0.15) is 0 Å². The van der Waals surface area contributed by atoms with Crippen LogP contribution in [0, 0.1) is 0 Å². The van der Waals surface area contributed by atoms with Crippen molar-refractivity contribution in [1.29, 1.82) is 0 Å². The van der Waals surface area contributed by atoms with E-state index in [1.807, 2.05) is 6.07 Å². The van der Waals surface area contributed by atoms with Crippen LogP contribution in [0.3, 0.4) is 0 Å². The van der Waals surface area contributed by atoms with Gasteiger partial charge in [0.25, 0.3) is 0 Å². The maximum atomic E-state index is 5.49. The maximum Gasteiger partial charge on any atom is 0.231 e. The van der Waals surface area contributed by atoms with Crippen LogP contribution in [0.15, 0.2) is 53.1 Å². The third kappa shape index (κ3) is 7.93. The zero-order chi connectivity index (χ0) is 20.4. The van der Waals surface area contributed by atoms with Gasteiger partial charge < -0.3 is 9.47 Å². The predicted octanol–water partition coefficient (Wildman–Crippen LogP) is 6.66. The molecule has 0 aliphatic carbocycles. The lowest BCUT2D eigenvalue weighted by molar-refractivity contribution is 0.174. The third-order valence-corrected chi connectivity index (χ3v) is 5.11. The fourth-order valence-corrected chi connectivity index (χ4v) is 3.23. The summed E-state index contributed by atoms with van der Waals surface area (Å²) in [6, 6.07) is 6.25. The summed E-state index contributed by atoms with van der Waals surface area (Å²) in [6.07, 6.45) is 11.7. The van der Waals surface area contributed by atoms with Gasteiger partial charge in [-0.25, -0.2) is 0 Å². The highest BCUT2D eigenvalue weighted by Gasteiger charge is 2.14. The molecule has 0 radical (unpaired) electrons. The highest BCUT2D eigenvalue weighted by Crippen LogP contribution is 2.32. The number of hydrogen-bond donors (Lipinski definition) is 0. The Balaban J connectivity index is 1.76. The molecule has 0 unspecified atom stereocenters. The summed E-state index contributed by atoms with van der Waals surface area (Å²) in [5, 5.41) is 0. The van der Waals surface area contributed by atoms with Crippen molar-refractivity contribution in [3.63, 3.8) is 0 Å². The molecule has 1 aliphatic heterocycles. The van der Waals surface area contributed by atoms with Crippen LogP contribution in [0.5, 0.6) is 11.5 Å². The van der Waals surface area contributed by atoms with Gasteiger partial charge in [0.2, 0.25) is 6.79 Å². The minimum atomic E-state index is 0.334. The van der Waals surface area contributed by atoms with Crippen molar-refractivity contribution >= 4 is 0 Å². The SMILES string of the molecule is CCN(CC=C(C)CCC=C(C)CCC=C(C)C)Cc1ccc2c(c1)OCO2. The average molecular weight is 384 g/mol. The molecule has 28 heavy (non-hydrogen) atoms. The van der Waals surface area contributed by atoms with Gasteiger partial charge in [-0.15, -0.1) is 0 Å². The van der Waals surface area contributed by atoms with Gasteiger partial charge in [0, 0.05) is 13.1 Å². The van der Waals surface area contributed by atoms with Crippen molar-refractivity contribution in [3.8, 4) is 11.5 Å². The second-order valence-corrected chi connectivity index (χ2v) is 7.98. The molecule has 0 fully saturated rings. The van der Waals surface area contributed by atoms with Crippen molar-refractivity contribution in [2.24, 2.45) is 0 Å². The highest BCUT2D eigenvalue weighted by atomic mass is 16.7. The molecule has 3 heteroatoms. The molecule has 1 aliphatic rings. The lowest BCUT2D eigenvalue weighted by Gasteiger charge is -2.19. The van der Waals surface area contributed by atoms with Crippen molar-refractivity contribution < 1.29 is 9.47 Å². The topological polar surface area (TPSA) is 21.7 Å². The van der Waals surface area contributed by atoms with E-state index in [-0.39, 0.29) is 0 Å². The van der Waals surface area contributed by atoms with Gasteiger partial charge in [-0.1, -0.05) is 47.9 Å². The quantitative estimate of drug-likeness (QED) is 0.399. The molecule has 0 saturated carbocycles. The zero-order valence-electron chi connectivity index (χ0n) is 18.4. The second kappa shape index (κ2) is 11.8. The fraction of sp³-hybridized carbons (Fsp3) is 0.520. The van der Waals surface area contributed by atoms with Gasteiger partial charge in [0.15, 0.2) is 11.5 Å². The Hall–Kier alpha value is -2.00. The number of likely N-dealkylation sites (N-methyl/N-ethyl adjacent to an activating group) is 1. The van der Waals surface area contributed by atoms with E-state index in [2.05, 4.69) is 69.9 Å². The average Bonchev–Trinajstić information content (AvgIpc) is 3.12. The number of rotatable bonds is 11. The Kier molecular flexibility index (Phi) is 9.36. The molecule has 0 amide bonds. The highest BCUT2D eigenvalue weighted by molar-refractivity contribution is 5.44.